The molecule has 0 radical (unpaired) electrons. The molecule has 2 aromatic heterocycles. The van der Waals surface area contributed by atoms with Gasteiger partial charge in [-0.25, -0.2) is 4.39 Å². The summed E-state index contributed by atoms with van der Waals surface area (Å²) in [7, 11) is 0. The minimum Gasteiger partial charge on any atom is -0.337 e. The van der Waals surface area contributed by atoms with E-state index in [1.807, 2.05) is 11.0 Å². The largest absolute Gasteiger partial charge is 0.337 e. The van der Waals surface area contributed by atoms with Crippen molar-refractivity contribution in [3.8, 4) is 0 Å². The van der Waals surface area contributed by atoms with Gasteiger partial charge in [0.25, 0.3) is 5.91 Å². The average Bonchev–Trinajstić information content (AvgIpc) is 3.13. The Kier molecular flexibility index (Phi) is 6.76. The maximum absolute atomic E-state index is 13.2. The first kappa shape index (κ1) is 20.6. The third-order valence-corrected chi connectivity index (χ3v) is 7.07. The van der Waals surface area contributed by atoms with Crippen LogP contribution in [0.1, 0.15) is 21.7 Å². The van der Waals surface area contributed by atoms with E-state index in [1.54, 1.807) is 28.7 Å². The SMILES string of the molecule is Cl.O=C(c1cc2sccc2s1)N1CCCN(Cc2ccc(F)cc2Cl)CC1. The molecule has 3 heterocycles. The van der Waals surface area contributed by atoms with E-state index in [1.165, 1.54) is 21.5 Å². The maximum atomic E-state index is 13.2. The van der Waals surface area contributed by atoms with Crippen LogP contribution in [0, 0.1) is 5.82 Å². The molecule has 3 nitrogen and oxygen atoms in total. The normalized spacial score (nSPS) is 15.6. The lowest BCUT2D eigenvalue weighted by Crippen LogP contribution is -2.34. The molecule has 0 saturated carbocycles. The number of thiophene rings is 2. The molecule has 1 saturated heterocycles. The summed E-state index contributed by atoms with van der Waals surface area (Å²) >= 11 is 9.39. The molecule has 27 heavy (non-hydrogen) atoms. The van der Waals surface area contributed by atoms with E-state index < -0.39 is 0 Å². The van der Waals surface area contributed by atoms with E-state index in [-0.39, 0.29) is 24.1 Å². The van der Waals surface area contributed by atoms with Crippen molar-refractivity contribution in [2.75, 3.05) is 26.2 Å². The lowest BCUT2D eigenvalue weighted by Gasteiger charge is -2.22. The fourth-order valence-electron chi connectivity index (χ4n) is 3.25. The smallest absolute Gasteiger partial charge is 0.264 e. The van der Waals surface area contributed by atoms with Crippen LogP contribution >= 0.6 is 46.7 Å². The molecule has 4 rings (SSSR count). The van der Waals surface area contributed by atoms with E-state index in [2.05, 4.69) is 16.3 Å². The summed E-state index contributed by atoms with van der Waals surface area (Å²) in [4.78, 5) is 17.9. The molecule has 1 fully saturated rings. The van der Waals surface area contributed by atoms with Crippen LogP contribution in [0.4, 0.5) is 4.39 Å². The van der Waals surface area contributed by atoms with Crippen molar-refractivity contribution in [1.29, 1.82) is 0 Å². The molecule has 0 unspecified atom stereocenters. The number of fused-ring (bicyclic) bond motifs is 1. The Hall–Kier alpha value is -1.18. The van der Waals surface area contributed by atoms with Crippen LogP contribution in [0.15, 0.2) is 35.7 Å². The number of carbonyl (C=O) groups excluding carboxylic acids is 1. The van der Waals surface area contributed by atoms with Crippen LogP contribution in [-0.4, -0.2) is 41.9 Å². The lowest BCUT2D eigenvalue weighted by atomic mass is 10.2. The van der Waals surface area contributed by atoms with Crippen molar-refractivity contribution in [2.24, 2.45) is 0 Å². The predicted molar refractivity (Wildman–Crippen MR) is 114 cm³/mol. The number of nitrogens with zero attached hydrogens (tertiary/aromatic N) is 2. The van der Waals surface area contributed by atoms with Crippen LogP contribution in [-0.2, 0) is 6.54 Å². The number of benzene rings is 1. The molecule has 8 heteroatoms. The molecule has 0 bridgehead atoms. The van der Waals surface area contributed by atoms with Gasteiger partial charge in [-0.2, -0.15) is 0 Å². The highest BCUT2D eigenvalue weighted by Crippen LogP contribution is 2.31. The number of hydrogen-bond acceptors (Lipinski definition) is 4. The highest BCUT2D eigenvalue weighted by Gasteiger charge is 2.22. The Morgan fingerprint density at radius 2 is 1.96 bits per heavy atom. The van der Waals surface area contributed by atoms with E-state index in [9.17, 15) is 9.18 Å². The van der Waals surface area contributed by atoms with E-state index in [0.29, 0.717) is 18.1 Å². The van der Waals surface area contributed by atoms with Gasteiger partial charge in [-0.1, -0.05) is 17.7 Å². The summed E-state index contributed by atoms with van der Waals surface area (Å²) in [6, 6.07) is 8.61. The van der Waals surface area contributed by atoms with Gasteiger partial charge in [0, 0.05) is 47.1 Å². The number of carbonyl (C=O) groups is 1. The number of halogens is 3. The van der Waals surface area contributed by atoms with Gasteiger partial charge in [-0.3, -0.25) is 9.69 Å². The van der Waals surface area contributed by atoms with Gasteiger partial charge in [-0.05, 0) is 41.6 Å². The highest BCUT2D eigenvalue weighted by molar-refractivity contribution is 7.27. The minimum atomic E-state index is -0.317. The van der Waals surface area contributed by atoms with Crippen LogP contribution in [0.5, 0.6) is 0 Å². The average molecular weight is 445 g/mol. The Bertz CT molecular complexity index is 914. The Balaban J connectivity index is 0.00000210. The van der Waals surface area contributed by atoms with Gasteiger partial charge in [0.2, 0.25) is 0 Å². The zero-order chi connectivity index (χ0) is 18.1. The monoisotopic (exact) mass is 444 g/mol. The summed E-state index contributed by atoms with van der Waals surface area (Å²) in [5.74, 6) is -0.192. The highest BCUT2D eigenvalue weighted by atomic mass is 35.5. The van der Waals surface area contributed by atoms with Crippen LogP contribution in [0.25, 0.3) is 9.40 Å². The second-order valence-corrected chi connectivity index (χ2v) is 8.86. The molecule has 0 N–H and O–H groups in total. The number of rotatable bonds is 3. The molecule has 1 aromatic carbocycles. The first-order chi connectivity index (χ1) is 12.6. The summed E-state index contributed by atoms with van der Waals surface area (Å²) < 4.78 is 15.6. The van der Waals surface area contributed by atoms with E-state index in [0.717, 1.165) is 36.5 Å². The zero-order valence-corrected chi connectivity index (χ0v) is 17.7. The van der Waals surface area contributed by atoms with Gasteiger partial charge in [-0.15, -0.1) is 35.1 Å². The molecule has 0 aliphatic carbocycles. The van der Waals surface area contributed by atoms with E-state index in [4.69, 9.17) is 11.6 Å². The Morgan fingerprint density at radius 1 is 1.11 bits per heavy atom. The van der Waals surface area contributed by atoms with Crippen LogP contribution in [0.2, 0.25) is 5.02 Å². The molecule has 144 valence electrons. The van der Waals surface area contributed by atoms with Crippen LogP contribution < -0.4 is 0 Å². The molecule has 0 spiro atoms. The molecule has 3 aromatic rings. The van der Waals surface area contributed by atoms with Crippen LogP contribution in [0.3, 0.4) is 0 Å². The van der Waals surface area contributed by atoms with Gasteiger partial charge >= 0.3 is 0 Å². The van der Waals surface area contributed by atoms with Gasteiger partial charge in [0.15, 0.2) is 0 Å². The van der Waals surface area contributed by atoms with Crippen molar-refractivity contribution < 1.29 is 9.18 Å². The summed E-state index contributed by atoms with van der Waals surface area (Å²) in [5.41, 5.74) is 0.923. The fraction of sp³-hybridized carbons (Fsp3) is 0.316. The van der Waals surface area contributed by atoms with E-state index >= 15 is 0 Å². The third-order valence-electron chi connectivity index (χ3n) is 4.63. The summed E-state index contributed by atoms with van der Waals surface area (Å²) in [5, 5.41) is 2.51. The van der Waals surface area contributed by atoms with Crippen molar-refractivity contribution in [1.82, 2.24) is 9.80 Å². The zero-order valence-electron chi connectivity index (χ0n) is 14.5. The van der Waals surface area contributed by atoms with Crippen molar-refractivity contribution in [3.05, 3.63) is 57.0 Å². The third kappa shape index (κ3) is 4.63. The molecule has 1 aliphatic heterocycles. The van der Waals surface area contributed by atoms with Gasteiger partial charge in [0.05, 0.1) is 4.88 Å². The number of amides is 1. The summed E-state index contributed by atoms with van der Waals surface area (Å²) in [6.45, 7) is 3.83. The predicted octanol–water partition coefficient (Wildman–Crippen LogP) is 5.53. The van der Waals surface area contributed by atoms with Crippen molar-refractivity contribution in [3.63, 3.8) is 0 Å². The summed E-state index contributed by atoms with van der Waals surface area (Å²) in [6.07, 6.45) is 0.921. The molecule has 1 amide bonds. The maximum Gasteiger partial charge on any atom is 0.264 e. The second-order valence-electron chi connectivity index (χ2n) is 6.42. The van der Waals surface area contributed by atoms with Crippen molar-refractivity contribution in [2.45, 2.75) is 13.0 Å². The van der Waals surface area contributed by atoms with Gasteiger partial charge in [0.1, 0.15) is 5.82 Å². The number of hydrogen-bond donors (Lipinski definition) is 0. The first-order valence-electron chi connectivity index (χ1n) is 8.53. The topological polar surface area (TPSA) is 23.6 Å². The van der Waals surface area contributed by atoms with Gasteiger partial charge < -0.3 is 4.90 Å². The second kappa shape index (κ2) is 8.88. The molecular weight excluding hydrogens is 426 g/mol. The lowest BCUT2D eigenvalue weighted by molar-refractivity contribution is 0.0766. The Labute approximate surface area is 176 Å². The minimum absolute atomic E-state index is 0. The molecule has 1 aliphatic rings. The fourth-order valence-corrected chi connectivity index (χ4v) is 5.55. The van der Waals surface area contributed by atoms with Crippen molar-refractivity contribution >= 4 is 62.0 Å². The molecular formula is C19H19Cl2FN2OS2. The molecule has 0 atom stereocenters. The quantitative estimate of drug-likeness (QED) is 0.530. The first-order valence-corrected chi connectivity index (χ1v) is 10.6. The Morgan fingerprint density at radius 3 is 2.74 bits per heavy atom. The standard InChI is InChI=1S/C19H18ClFN2OS2.ClH/c20-15-10-14(21)3-2-13(15)12-22-5-1-6-23(8-7-22)19(24)18-11-17-16(26-18)4-9-25-17;/h2-4,9-11H,1,5-8,12H2;1H.